The van der Waals surface area contributed by atoms with Crippen molar-refractivity contribution in [2.45, 2.75) is 38.0 Å². The fourth-order valence-electron chi connectivity index (χ4n) is 1.46. The standard InChI is InChI=1S/C8H22F4N2O2Si3/c1-17(2,15-18(9,10)7-3-5-13)16-19(11,12)8-4-6-14/h3-8,13-14H2,1-2H3. The summed E-state index contributed by atoms with van der Waals surface area (Å²) in [6, 6.07) is -0.918. The van der Waals surface area contributed by atoms with Crippen LogP contribution >= 0.6 is 0 Å². The summed E-state index contributed by atoms with van der Waals surface area (Å²) >= 11 is 0. The molecule has 0 aliphatic carbocycles. The molecule has 0 aliphatic heterocycles. The zero-order chi connectivity index (χ0) is 15.2. The number of hydrogen-bond acceptors (Lipinski definition) is 4. The SMILES string of the molecule is C[Si](C)(O[Si](F)(F)CCCN)O[Si](F)(F)CCCN. The van der Waals surface area contributed by atoms with E-state index in [9.17, 15) is 16.4 Å². The van der Waals surface area contributed by atoms with E-state index < -0.39 is 38.6 Å². The van der Waals surface area contributed by atoms with E-state index >= 15 is 0 Å². The summed E-state index contributed by atoms with van der Waals surface area (Å²) in [6.07, 6.45) is 0.232. The monoisotopic (exact) mass is 338 g/mol. The maximum Gasteiger partial charge on any atom is 0.569 e. The first-order valence-corrected chi connectivity index (χ1v) is 12.7. The molecule has 0 heterocycles. The van der Waals surface area contributed by atoms with Crippen molar-refractivity contribution in [2.75, 3.05) is 13.1 Å². The van der Waals surface area contributed by atoms with Crippen LogP contribution in [0.25, 0.3) is 0 Å². The molecule has 0 aromatic rings. The lowest BCUT2D eigenvalue weighted by atomic mass is 10.5. The Hall–Kier alpha value is 0.211. The Balaban J connectivity index is 4.44. The first kappa shape index (κ1) is 19.2. The number of rotatable bonds is 10. The summed E-state index contributed by atoms with van der Waals surface area (Å²) in [6.45, 7) is 2.69. The lowest BCUT2D eigenvalue weighted by Gasteiger charge is -2.30. The van der Waals surface area contributed by atoms with Crippen LogP contribution in [0.4, 0.5) is 16.4 Å². The summed E-state index contributed by atoms with van der Waals surface area (Å²) in [4.78, 5) is 0. The first-order chi connectivity index (χ1) is 8.54. The molecular formula is C8H22F4N2O2Si3. The van der Waals surface area contributed by atoms with Gasteiger partial charge in [0.05, 0.1) is 0 Å². The van der Waals surface area contributed by atoms with Crippen LogP contribution in [0.15, 0.2) is 0 Å². The van der Waals surface area contributed by atoms with Crippen molar-refractivity contribution in [2.24, 2.45) is 11.5 Å². The average molecular weight is 339 g/mol. The van der Waals surface area contributed by atoms with Gasteiger partial charge >= 0.3 is 26.5 Å². The Morgan fingerprint density at radius 1 is 0.789 bits per heavy atom. The molecule has 0 aliphatic rings. The van der Waals surface area contributed by atoms with E-state index in [-0.39, 0.29) is 25.9 Å². The van der Waals surface area contributed by atoms with Crippen LogP contribution < -0.4 is 11.5 Å². The minimum atomic E-state index is -4.97. The molecule has 11 heteroatoms. The molecule has 19 heavy (non-hydrogen) atoms. The topological polar surface area (TPSA) is 70.5 Å². The summed E-state index contributed by atoms with van der Waals surface area (Å²) in [7, 11) is -13.5. The highest BCUT2D eigenvalue weighted by Gasteiger charge is 2.51. The largest absolute Gasteiger partial charge is 0.569 e. The Morgan fingerprint density at radius 2 is 1.11 bits per heavy atom. The second-order valence-electron chi connectivity index (χ2n) is 4.66. The lowest BCUT2D eigenvalue weighted by molar-refractivity contribution is 0.270. The molecule has 0 bridgehead atoms. The number of nitrogens with two attached hydrogens (primary N) is 2. The average Bonchev–Trinajstić information content (AvgIpc) is 2.20. The minimum Gasteiger partial charge on any atom is -0.388 e. The zero-order valence-corrected chi connectivity index (χ0v) is 14.2. The van der Waals surface area contributed by atoms with Crippen molar-refractivity contribution < 1.29 is 24.7 Å². The molecule has 0 atom stereocenters. The molecule has 0 aromatic heterocycles. The zero-order valence-electron chi connectivity index (χ0n) is 11.2. The number of halogens is 4. The molecule has 116 valence electrons. The Morgan fingerprint density at radius 3 is 1.37 bits per heavy atom. The molecule has 0 saturated heterocycles. The van der Waals surface area contributed by atoms with Gasteiger partial charge in [-0.15, -0.1) is 0 Å². The van der Waals surface area contributed by atoms with E-state index in [0.717, 1.165) is 0 Å². The molecular weight excluding hydrogens is 316 g/mol. The molecule has 0 aromatic carbocycles. The maximum absolute atomic E-state index is 13.5. The Bertz CT molecular complexity index is 248. The normalized spacial score (nSPS) is 13.9. The highest BCUT2D eigenvalue weighted by Crippen LogP contribution is 2.28. The third kappa shape index (κ3) is 9.70. The Labute approximate surface area is 114 Å². The molecule has 4 N–H and O–H groups in total. The molecule has 0 amide bonds. The van der Waals surface area contributed by atoms with Crippen LogP contribution in [0.1, 0.15) is 12.8 Å². The predicted molar refractivity (Wildman–Crippen MR) is 72.5 cm³/mol. The van der Waals surface area contributed by atoms with E-state index in [1.165, 1.54) is 13.1 Å². The maximum atomic E-state index is 13.5. The van der Waals surface area contributed by atoms with Gasteiger partial charge in [0, 0.05) is 12.1 Å². The van der Waals surface area contributed by atoms with Gasteiger partial charge in [-0.2, -0.15) is 0 Å². The van der Waals surface area contributed by atoms with Gasteiger partial charge in [0.2, 0.25) is 0 Å². The molecule has 0 fully saturated rings. The van der Waals surface area contributed by atoms with Gasteiger partial charge in [0.15, 0.2) is 0 Å². The van der Waals surface area contributed by atoms with Crippen LogP contribution in [0.2, 0.25) is 25.2 Å². The van der Waals surface area contributed by atoms with Crippen LogP contribution in [0.3, 0.4) is 0 Å². The van der Waals surface area contributed by atoms with Crippen molar-refractivity contribution in [3.8, 4) is 0 Å². The molecule has 0 spiro atoms. The van der Waals surface area contributed by atoms with Crippen molar-refractivity contribution >= 4 is 26.5 Å². The van der Waals surface area contributed by atoms with Crippen LogP contribution in [0, 0.1) is 0 Å². The van der Waals surface area contributed by atoms with E-state index in [0.29, 0.717) is 0 Å². The smallest absolute Gasteiger partial charge is 0.388 e. The van der Waals surface area contributed by atoms with Gasteiger partial charge in [0.25, 0.3) is 0 Å². The second kappa shape index (κ2) is 7.85. The van der Waals surface area contributed by atoms with Gasteiger partial charge in [0.1, 0.15) is 0 Å². The first-order valence-electron chi connectivity index (χ1n) is 6.10. The van der Waals surface area contributed by atoms with Crippen molar-refractivity contribution in [3.63, 3.8) is 0 Å². The van der Waals surface area contributed by atoms with Crippen LogP contribution in [-0.4, -0.2) is 39.6 Å². The molecule has 0 radical (unpaired) electrons. The summed E-state index contributed by atoms with van der Waals surface area (Å²) in [5.41, 5.74) is 10.3. The van der Waals surface area contributed by atoms with Crippen molar-refractivity contribution in [3.05, 3.63) is 0 Å². The third-order valence-electron chi connectivity index (χ3n) is 2.13. The third-order valence-corrected chi connectivity index (χ3v) is 10.3. The van der Waals surface area contributed by atoms with Gasteiger partial charge in [-0.3, -0.25) is 0 Å². The second-order valence-corrected chi connectivity index (χ2v) is 12.6. The molecule has 0 rings (SSSR count). The lowest BCUT2D eigenvalue weighted by Crippen LogP contribution is -2.51. The van der Waals surface area contributed by atoms with Crippen molar-refractivity contribution in [1.29, 1.82) is 0 Å². The van der Waals surface area contributed by atoms with Gasteiger partial charge < -0.3 is 19.7 Å². The number of hydrogen-bond donors (Lipinski definition) is 2. The summed E-state index contributed by atoms with van der Waals surface area (Å²) < 4.78 is 63.3. The summed E-state index contributed by atoms with van der Waals surface area (Å²) in [5.74, 6) is 0. The highest BCUT2D eigenvalue weighted by molar-refractivity contribution is 6.82. The molecule has 0 saturated carbocycles. The van der Waals surface area contributed by atoms with E-state index in [2.05, 4.69) is 8.23 Å². The van der Waals surface area contributed by atoms with Gasteiger partial charge in [-0.25, -0.2) is 16.4 Å². The quantitative estimate of drug-likeness (QED) is 0.364. The van der Waals surface area contributed by atoms with E-state index in [1.54, 1.807) is 0 Å². The highest BCUT2D eigenvalue weighted by atomic mass is 28.5. The van der Waals surface area contributed by atoms with Crippen LogP contribution in [-0.2, 0) is 8.23 Å². The fourth-order valence-corrected chi connectivity index (χ4v) is 9.80. The van der Waals surface area contributed by atoms with Gasteiger partial charge in [-0.05, 0) is 39.0 Å². The minimum absolute atomic E-state index is 0.116. The fraction of sp³-hybridized carbons (Fsp3) is 1.00. The van der Waals surface area contributed by atoms with Gasteiger partial charge in [-0.1, -0.05) is 0 Å². The van der Waals surface area contributed by atoms with Crippen molar-refractivity contribution in [1.82, 2.24) is 0 Å². The predicted octanol–water partition coefficient (Wildman–Crippen LogP) is 2.17. The molecule has 0 unspecified atom stereocenters. The molecule has 4 nitrogen and oxygen atoms in total. The van der Waals surface area contributed by atoms with Crippen LogP contribution in [0.5, 0.6) is 0 Å². The Kier molecular flexibility index (Phi) is 7.94. The van der Waals surface area contributed by atoms with E-state index in [4.69, 9.17) is 11.5 Å². The summed E-state index contributed by atoms with van der Waals surface area (Å²) in [5, 5.41) is 0. The van der Waals surface area contributed by atoms with E-state index in [1.807, 2.05) is 0 Å².